The number of carbonyl (C=O) groups is 1. The number of benzene rings is 3. The number of halogens is 1. The molecule has 0 radical (unpaired) electrons. The largest absolute Gasteiger partial charge is 0.379 e. The number of amides is 1. The van der Waals surface area contributed by atoms with Crippen LogP contribution in [0.1, 0.15) is 11.1 Å². The minimum atomic E-state index is -4.31. The molecule has 3 aromatic rings. The number of hydrogen-bond donors (Lipinski definition) is 1. The van der Waals surface area contributed by atoms with Crippen LogP contribution in [-0.4, -0.2) is 19.2 Å². The van der Waals surface area contributed by atoms with Crippen LogP contribution in [0.25, 0.3) is 6.08 Å². The predicted molar refractivity (Wildman–Crippen MR) is 133 cm³/mol. The van der Waals surface area contributed by atoms with E-state index in [9.17, 15) is 28.6 Å². The topological polar surface area (TPSA) is 139 Å². The van der Waals surface area contributed by atoms with E-state index < -0.39 is 20.9 Å². The normalized spacial score (nSPS) is 11.4. The molecule has 0 spiro atoms. The molecule has 0 heterocycles. The van der Waals surface area contributed by atoms with Crippen molar-refractivity contribution in [1.29, 1.82) is 5.26 Å². The molecule has 11 heteroatoms. The van der Waals surface area contributed by atoms with Crippen molar-refractivity contribution in [3.8, 4) is 11.8 Å². The van der Waals surface area contributed by atoms with Crippen molar-refractivity contribution in [1.82, 2.24) is 0 Å². The number of nitrogens with zero attached hydrogens (tertiary/aromatic N) is 2. The molecular weight excluding hydrogens is 573 g/mol. The Bertz CT molecular complexity index is 1430. The molecule has 3 aromatic carbocycles. The average Bonchev–Trinajstić information content (AvgIpc) is 2.79. The quantitative estimate of drug-likeness (QED) is 0.104. The van der Waals surface area contributed by atoms with Gasteiger partial charge in [-0.1, -0.05) is 18.2 Å². The number of anilines is 1. The maximum Gasteiger partial charge on any atom is 0.339 e. The molecular formula is C23H16IN3O6S. The van der Waals surface area contributed by atoms with Crippen molar-refractivity contribution in [2.75, 3.05) is 5.32 Å². The molecule has 0 fully saturated rings. The van der Waals surface area contributed by atoms with Gasteiger partial charge in [-0.25, -0.2) is 0 Å². The molecule has 1 amide bonds. The van der Waals surface area contributed by atoms with Gasteiger partial charge in [-0.05, 0) is 83.6 Å². The van der Waals surface area contributed by atoms with Crippen molar-refractivity contribution in [2.45, 2.75) is 11.8 Å². The fraction of sp³-hybridized carbons (Fsp3) is 0.0435. The van der Waals surface area contributed by atoms with Gasteiger partial charge in [0.25, 0.3) is 11.6 Å². The highest BCUT2D eigenvalue weighted by Crippen LogP contribution is 2.25. The maximum absolute atomic E-state index is 12.5. The lowest BCUT2D eigenvalue weighted by atomic mass is 10.1. The lowest BCUT2D eigenvalue weighted by Crippen LogP contribution is -2.13. The molecule has 0 aliphatic heterocycles. The van der Waals surface area contributed by atoms with E-state index in [1.165, 1.54) is 49.4 Å². The summed E-state index contributed by atoms with van der Waals surface area (Å²) in [4.78, 5) is 22.5. The summed E-state index contributed by atoms with van der Waals surface area (Å²) < 4.78 is 31.1. The third kappa shape index (κ3) is 6.18. The van der Waals surface area contributed by atoms with Gasteiger partial charge >= 0.3 is 10.1 Å². The highest BCUT2D eigenvalue weighted by Gasteiger charge is 2.21. The second kappa shape index (κ2) is 10.4. The Kier molecular flexibility index (Phi) is 7.64. The summed E-state index contributed by atoms with van der Waals surface area (Å²) in [5.74, 6) is -0.630. The molecule has 34 heavy (non-hydrogen) atoms. The van der Waals surface area contributed by atoms with Crippen molar-refractivity contribution < 1.29 is 22.3 Å². The van der Waals surface area contributed by atoms with Gasteiger partial charge < -0.3 is 9.50 Å². The number of nitro benzene ring substituents is 1. The lowest BCUT2D eigenvalue weighted by molar-refractivity contribution is -0.385. The summed E-state index contributed by atoms with van der Waals surface area (Å²) in [5.41, 5.74) is 0.839. The summed E-state index contributed by atoms with van der Waals surface area (Å²) in [6.45, 7) is 1.50. The number of rotatable bonds is 7. The molecule has 1 N–H and O–H groups in total. The summed E-state index contributed by atoms with van der Waals surface area (Å²) >= 11 is 2.13. The molecule has 9 nitrogen and oxygen atoms in total. The van der Waals surface area contributed by atoms with Gasteiger partial charge in [-0.15, -0.1) is 0 Å². The first kappa shape index (κ1) is 24.9. The van der Waals surface area contributed by atoms with Gasteiger partial charge in [-0.2, -0.15) is 13.7 Å². The van der Waals surface area contributed by atoms with Crippen LogP contribution in [0.5, 0.6) is 5.75 Å². The van der Waals surface area contributed by atoms with Gasteiger partial charge in [0.05, 0.1) is 4.92 Å². The molecule has 0 saturated heterocycles. The van der Waals surface area contributed by atoms with Crippen LogP contribution in [-0.2, 0) is 14.9 Å². The van der Waals surface area contributed by atoms with Crippen molar-refractivity contribution in [2.24, 2.45) is 0 Å². The van der Waals surface area contributed by atoms with Crippen LogP contribution in [0.2, 0.25) is 0 Å². The molecule has 3 rings (SSSR count). The molecule has 172 valence electrons. The van der Waals surface area contributed by atoms with Gasteiger partial charge in [0.15, 0.2) is 0 Å². The standard InChI is InChI=1S/C23H16IN3O6S/c1-15-2-11-21(13-22(15)27(29)30)34(31,32)33-20-9-3-16(4-10-20)12-17(14-25)23(28)26-19-7-5-18(24)6-8-19/h2-13H,1H3,(H,26,28)/b17-12+. The number of hydrogen-bond acceptors (Lipinski definition) is 7. The molecule has 0 bridgehead atoms. The lowest BCUT2D eigenvalue weighted by Gasteiger charge is -2.08. The Balaban J connectivity index is 1.76. The number of aryl methyl sites for hydroxylation is 1. The Hall–Kier alpha value is -3.76. The first-order chi connectivity index (χ1) is 16.1. The van der Waals surface area contributed by atoms with Crippen LogP contribution in [0.4, 0.5) is 11.4 Å². The summed E-state index contributed by atoms with van der Waals surface area (Å²) in [6, 6.07) is 18.0. The number of nitriles is 1. The molecule has 0 aliphatic rings. The van der Waals surface area contributed by atoms with E-state index in [0.717, 1.165) is 9.64 Å². The maximum atomic E-state index is 12.5. The molecule has 0 atom stereocenters. The van der Waals surface area contributed by atoms with E-state index >= 15 is 0 Å². The van der Waals surface area contributed by atoms with Crippen LogP contribution >= 0.6 is 22.6 Å². The first-order valence-corrected chi connectivity index (χ1v) is 12.1. The highest BCUT2D eigenvalue weighted by atomic mass is 127. The summed E-state index contributed by atoms with van der Waals surface area (Å²) in [6.07, 6.45) is 1.35. The van der Waals surface area contributed by atoms with E-state index in [4.69, 9.17) is 4.18 Å². The number of carbonyl (C=O) groups excluding carboxylic acids is 1. The predicted octanol–water partition coefficient (Wildman–Crippen LogP) is 4.82. The third-order valence-corrected chi connectivity index (χ3v) is 6.49. The summed E-state index contributed by atoms with van der Waals surface area (Å²) in [5, 5.41) is 23.1. The van der Waals surface area contributed by atoms with Crippen LogP contribution < -0.4 is 9.50 Å². The zero-order chi connectivity index (χ0) is 24.9. The minimum Gasteiger partial charge on any atom is -0.379 e. The third-order valence-electron chi connectivity index (χ3n) is 4.53. The monoisotopic (exact) mass is 589 g/mol. The van der Waals surface area contributed by atoms with E-state index in [2.05, 4.69) is 27.9 Å². The van der Waals surface area contributed by atoms with Crippen molar-refractivity contribution in [3.05, 3.63) is 97.1 Å². The molecule has 0 unspecified atom stereocenters. The minimum absolute atomic E-state index is 0.0396. The van der Waals surface area contributed by atoms with Crippen LogP contribution in [0.15, 0.2) is 77.2 Å². The van der Waals surface area contributed by atoms with Gasteiger partial charge in [0.1, 0.15) is 22.3 Å². The van der Waals surface area contributed by atoms with Gasteiger partial charge in [0, 0.05) is 20.9 Å². The number of nitro groups is 1. The van der Waals surface area contributed by atoms with Crippen LogP contribution in [0.3, 0.4) is 0 Å². The molecule has 0 aliphatic carbocycles. The van der Waals surface area contributed by atoms with E-state index in [1.54, 1.807) is 12.1 Å². The first-order valence-electron chi connectivity index (χ1n) is 9.57. The van der Waals surface area contributed by atoms with Gasteiger partial charge in [-0.3, -0.25) is 14.9 Å². The second-order valence-corrected chi connectivity index (χ2v) is 9.73. The van der Waals surface area contributed by atoms with Crippen molar-refractivity contribution in [3.63, 3.8) is 0 Å². The number of nitrogens with one attached hydrogen (secondary N) is 1. The zero-order valence-electron chi connectivity index (χ0n) is 17.6. The van der Waals surface area contributed by atoms with Gasteiger partial charge in [0.2, 0.25) is 0 Å². The molecule has 0 aromatic heterocycles. The van der Waals surface area contributed by atoms with E-state index in [0.29, 0.717) is 16.8 Å². The zero-order valence-corrected chi connectivity index (χ0v) is 20.5. The summed E-state index contributed by atoms with van der Waals surface area (Å²) in [7, 11) is -4.31. The Labute approximate surface area is 209 Å². The second-order valence-electron chi connectivity index (χ2n) is 6.94. The van der Waals surface area contributed by atoms with Crippen molar-refractivity contribution >= 4 is 56.1 Å². The Morgan fingerprint density at radius 1 is 1.12 bits per heavy atom. The fourth-order valence-corrected chi connectivity index (χ4v) is 4.09. The Morgan fingerprint density at radius 3 is 2.35 bits per heavy atom. The smallest absolute Gasteiger partial charge is 0.339 e. The SMILES string of the molecule is Cc1ccc(S(=O)(=O)Oc2ccc(/C=C(\C#N)C(=O)Nc3ccc(I)cc3)cc2)cc1[N+](=O)[O-]. The highest BCUT2D eigenvalue weighted by molar-refractivity contribution is 14.1. The van der Waals surface area contributed by atoms with E-state index in [-0.39, 0.29) is 21.9 Å². The fourth-order valence-electron chi connectivity index (χ4n) is 2.78. The van der Waals surface area contributed by atoms with Crippen LogP contribution in [0, 0.1) is 31.9 Å². The average molecular weight is 589 g/mol. The van der Waals surface area contributed by atoms with E-state index in [1.807, 2.05) is 18.2 Å². The molecule has 0 saturated carbocycles. The Morgan fingerprint density at radius 2 is 1.76 bits per heavy atom.